The molecular formula is C11H15NO2. The van der Waals surface area contributed by atoms with Crippen molar-refractivity contribution in [1.82, 2.24) is 0 Å². The molecule has 0 bridgehead atoms. The van der Waals surface area contributed by atoms with Crippen LogP contribution in [-0.2, 0) is 4.79 Å². The number of benzene rings is 1. The predicted molar refractivity (Wildman–Crippen MR) is 55.1 cm³/mol. The Morgan fingerprint density at radius 1 is 1.43 bits per heavy atom. The van der Waals surface area contributed by atoms with Gasteiger partial charge in [-0.3, -0.25) is 4.79 Å². The molecule has 76 valence electrons. The van der Waals surface area contributed by atoms with Gasteiger partial charge in [0.25, 0.3) is 0 Å². The average molecular weight is 193 g/mol. The van der Waals surface area contributed by atoms with Crippen molar-refractivity contribution in [2.24, 2.45) is 5.73 Å². The van der Waals surface area contributed by atoms with Crippen LogP contribution in [0.25, 0.3) is 0 Å². The van der Waals surface area contributed by atoms with E-state index in [1.807, 2.05) is 37.3 Å². The molecule has 0 saturated heterocycles. The molecule has 0 aliphatic rings. The van der Waals surface area contributed by atoms with Crippen LogP contribution in [0.2, 0.25) is 0 Å². The normalized spacial score (nSPS) is 14.7. The van der Waals surface area contributed by atoms with E-state index < -0.39 is 5.97 Å². The summed E-state index contributed by atoms with van der Waals surface area (Å²) in [4.78, 5) is 10.5. The molecule has 14 heavy (non-hydrogen) atoms. The van der Waals surface area contributed by atoms with Gasteiger partial charge in [-0.1, -0.05) is 37.3 Å². The zero-order chi connectivity index (χ0) is 10.6. The van der Waals surface area contributed by atoms with Crippen LogP contribution in [0.4, 0.5) is 0 Å². The summed E-state index contributed by atoms with van der Waals surface area (Å²) in [5, 5.41) is 8.60. The van der Waals surface area contributed by atoms with Crippen LogP contribution in [0, 0.1) is 0 Å². The van der Waals surface area contributed by atoms with Crippen LogP contribution in [-0.4, -0.2) is 17.1 Å². The Balaban J connectivity index is 2.65. The Hall–Kier alpha value is -1.35. The summed E-state index contributed by atoms with van der Waals surface area (Å²) in [6.07, 6.45) is 0.00998. The molecule has 1 aromatic carbocycles. The molecule has 0 saturated carbocycles. The Bertz CT molecular complexity index is 297. The third-order valence-corrected chi connectivity index (χ3v) is 2.38. The van der Waals surface area contributed by atoms with Gasteiger partial charge in [0.2, 0.25) is 0 Å². The van der Waals surface area contributed by atoms with Gasteiger partial charge in [-0.2, -0.15) is 0 Å². The molecule has 3 nitrogen and oxygen atoms in total. The first-order valence-electron chi connectivity index (χ1n) is 4.63. The molecule has 1 aromatic rings. The summed E-state index contributed by atoms with van der Waals surface area (Å²) < 4.78 is 0. The van der Waals surface area contributed by atoms with Gasteiger partial charge in [0.05, 0.1) is 6.42 Å². The lowest BCUT2D eigenvalue weighted by Crippen LogP contribution is -2.29. The fourth-order valence-corrected chi connectivity index (χ4v) is 1.38. The highest BCUT2D eigenvalue weighted by Gasteiger charge is 2.17. The fourth-order valence-electron chi connectivity index (χ4n) is 1.38. The first-order valence-corrected chi connectivity index (χ1v) is 4.63. The van der Waals surface area contributed by atoms with Gasteiger partial charge in [-0.15, -0.1) is 0 Å². The van der Waals surface area contributed by atoms with Crippen molar-refractivity contribution in [3.63, 3.8) is 0 Å². The molecule has 0 radical (unpaired) electrons. The summed E-state index contributed by atoms with van der Waals surface area (Å²) in [6, 6.07) is 9.39. The second-order valence-corrected chi connectivity index (χ2v) is 3.46. The monoisotopic (exact) mass is 193 g/mol. The van der Waals surface area contributed by atoms with Crippen molar-refractivity contribution in [2.45, 2.75) is 25.3 Å². The SMILES string of the molecule is CC(c1ccccc1)C(N)CC(=O)O. The van der Waals surface area contributed by atoms with Crippen molar-refractivity contribution in [1.29, 1.82) is 0 Å². The van der Waals surface area contributed by atoms with Crippen molar-refractivity contribution >= 4 is 5.97 Å². The topological polar surface area (TPSA) is 63.3 Å². The first-order chi connectivity index (χ1) is 6.61. The molecular weight excluding hydrogens is 178 g/mol. The van der Waals surface area contributed by atoms with Crippen molar-refractivity contribution in [3.8, 4) is 0 Å². The van der Waals surface area contributed by atoms with Gasteiger partial charge in [0.1, 0.15) is 0 Å². The minimum absolute atomic E-state index is 0.00998. The molecule has 0 spiro atoms. The Labute approximate surface area is 83.6 Å². The number of nitrogens with two attached hydrogens (primary N) is 1. The van der Waals surface area contributed by atoms with E-state index in [1.54, 1.807) is 0 Å². The minimum Gasteiger partial charge on any atom is -0.481 e. The third-order valence-electron chi connectivity index (χ3n) is 2.38. The Kier molecular flexibility index (Phi) is 3.65. The molecule has 0 heterocycles. The molecule has 2 atom stereocenters. The average Bonchev–Trinajstić information content (AvgIpc) is 2.17. The number of carboxylic acids is 1. The molecule has 3 heteroatoms. The minimum atomic E-state index is -0.847. The number of aliphatic carboxylic acids is 1. The zero-order valence-corrected chi connectivity index (χ0v) is 8.18. The lowest BCUT2D eigenvalue weighted by Gasteiger charge is -2.18. The number of carbonyl (C=O) groups is 1. The van der Waals surface area contributed by atoms with Gasteiger partial charge in [-0.05, 0) is 11.5 Å². The molecule has 1 rings (SSSR count). The highest BCUT2D eigenvalue weighted by Crippen LogP contribution is 2.19. The maximum absolute atomic E-state index is 10.5. The van der Waals surface area contributed by atoms with E-state index in [2.05, 4.69) is 0 Å². The van der Waals surface area contributed by atoms with E-state index in [1.165, 1.54) is 0 Å². The highest BCUT2D eigenvalue weighted by atomic mass is 16.4. The molecule has 0 amide bonds. The predicted octanol–water partition coefficient (Wildman–Crippen LogP) is 1.59. The maximum atomic E-state index is 10.5. The smallest absolute Gasteiger partial charge is 0.304 e. The molecule has 0 aliphatic carbocycles. The Morgan fingerprint density at radius 2 is 2.00 bits per heavy atom. The number of hydrogen-bond donors (Lipinski definition) is 2. The van der Waals surface area contributed by atoms with E-state index in [4.69, 9.17) is 10.8 Å². The van der Waals surface area contributed by atoms with E-state index in [9.17, 15) is 4.79 Å². The summed E-state index contributed by atoms with van der Waals surface area (Å²) in [6.45, 7) is 1.95. The van der Waals surface area contributed by atoms with Crippen LogP contribution >= 0.6 is 0 Å². The molecule has 2 unspecified atom stereocenters. The number of rotatable bonds is 4. The zero-order valence-electron chi connectivity index (χ0n) is 8.18. The maximum Gasteiger partial charge on any atom is 0.304 e. The lowest BCUT2D eigenvalue weighted by atomic mass is 9.92. The van der Waals surface area contributed by atoms with E-state index >= 15 is 0 Å². The lowest BCUT2D eigenvalue weighted by molar-refractivity contribution is -0.137. The second-order valence-electron chi connectivity index (χ2n) is 3.46. The van der Waals surface area contributed by atoms with Gasteiger partial charge in [-0.25, -0.2) is 0 Å². The van der Waals surface area contributed by atoms with E-state index in [0.717, 1.165) is 5.56 Å². The summed E-state index contributed by atoms with van der Waals surface area (Å²) in [5.41, 5.74) is 6.85. The largest absolute Gasteiger partial charge is 0.481 e. The highest BCUT2D eigenvalue weighted by molar-refractivity contribution is 5.67. The van der Waals surface area contributed by atoms with Gasteiger partial charge < -0.3 is 10.8 Å². The van der Waals surface area contributed by atoms with Crippen molar-refractivity contribution in [3.05, 3.63) is 35.9 Å². The second kappa shape index (κ2) is 4.77. The fraction of sp³-hybridized carbons (Fsp3) is 0.364. The molecule has 0 fully saturated rings. The van der Waals surface area contributed by atoms with Crippen LogP contribution in [0.15, 0.2) is 30.3 Å². The number of hydrogen-bond acceptors (Lipinski definition) is 2. The molecule has 0 aromatic heterocycles. The summed E-state index contributed by atoms with van der Waals surface area (Å²) >= 11 is 0. The molecule has 3 N–H and O–H groups in total. The summed E-state index contributed by atoms with van der Waals surface area (Å²) in [7, 11) is 0. The third kappa shape index (κ3) is 2.85. The molecule has 0 aliphatic heterocycles. The van der Waals surface area contributed by atoms with Gasteiger partial charge in [0.15, 0.2) is 0 Å². The van der Waals surface area contributed by atoms with Crippen LogP contribution in [0.1, 0.15) is 24.8 Å². The standard InChI is InChI=1S/C11H15NO2/c1-8(10(12)7-11(13)14)9-5-3-2-4-6-9/h2-6,8,10H,7,12H2,1H3,(H,13,14). The first kappa shape index (κ1) is 10.7. The summed E-state index contributed by atoms with van der Waals surface area (Å²) in [5.74, 6) is -0.771. The van der Waals surface area contributed by atoms with Crippen molar-refractivity contribution in [2.75, 3.05) is 0 Å². The van der Waals surface area contributed by atoms with E-state index in [0.29, 0.717) is 0 Å². The number of carboxylic acid groups (broad SMARTS) is 1. The van der Waals surface area contributed by atoms with Crippen molar-refractivity contribution < 1.29 is 9.90 Å². The van der Waals surface area contributed by atoms with Crippen LogP contribution < -0.4 is 5.73 Å². The quantitative estimate of drug-likeness (QED) is 0.763. The Morgan fingerprint density at radius 3 is 2.50 bits per heavy atom. The van der Waals surface area contributed by atoms with E-state index in [-0.39, 0.29) is 18.4 Å². The van der Waals surface area contributed by atoms with Gasteiger partial charge >= 0.3 is 5.97 Å². The van der Waals surface area contributed by atoms with Gasteiger partial charge in [0, 0.05) is 6.04 Å². The van der Waals surface area contributed by atoms with Crippen LogP contribution in [0.3, 0.4) is 0 Å². The van der Waals surface area contributed by atoms with Crippen LogP contribution in [0.5, 0.6) is 0 Å².